The van der Waals surface area contributed by atoms with E-state index >= 15 is 0 Å². The van der Waals surface area contributed by atoms with Gasteiger partial charge in [0.1, 0.15) is 24.2 Å². The number of aliphatic hydroxyl groups excluding tert-OH is 2. The number of carbonyl (C=O) groups excluding carboxylic acids is 4. The molecule has 0 heterocycles. The lowest BCUT2D eigenvalue weighted by Gasteiger charge is -2.27. The lowest BCUT2D eigenvalue weighted by Crippen LogP contribution is -2.61. The smallest absolute Gasteiger partial charge is 0.325 e. The van der Waals surface area contributed by atoms with Crippen LogP contribution in [0.5, 0.6) is 0 Å². The highest BCUT2D eigenvalue weighted by atomic mass is 32.1. The number of amides is 4. The summed E-state index contributed by atoms with van der Waals surface area (Å²) < 4.78 is 0. The number of carboxylic acids is 1. The average molecular weight is 603 g/mol. The van der Waals surface area contributed by atoms with Gasteiger partial charge in [0.15, 0.2) is 0 Å². The monoisotopic (exact) mass is 602 g/mol. The minimum atomic E-state index is -1.57. The molecule has 42 heavy (non-hydrogen) atoms. The fourth-order valence-corrected chi connectivity index (χ4v) is 4.27. The summed E-state index contributed by atoms with van der Waals surface area (Å²) in [4.78, 5) is 63.1. The molecule has 13 heteroatoms. The van der Waals surface area contributed by atoms with Crippen LogP contribution in [-0.4, -0.2) is 87.5 Å². The van der Waals surface area contributed by atoms with Gasteiger partial charge in [-0.15, -0.1) is 0 Å². The first-order valence-electron chi connectivity index (χ1n) is 13.4. The minimum absolute atomic E-state index is 0.0753. The van der Waals surface area contributed by atoms with Gasteiger partial charge >= 0.3 is 5.97 Å². The normalized spacial score (nSPS) is 15.2. The van der Waals surface area contributed by atoms with Crippen molar-refractivity contribution in [3.8, 4) is 0 Å². The Morgan fingerprint density at radius 3 is 1.69 bits per heavy atom. The molecule has 0 aliphatic carbocycles. The molecule has 2 aromatic rings. The van der Waals surface area contributed by atoms with Crippen molar-refractivity contribution in [1.82, 2.24) is 21.3 Å². The van der Waals surface area contributed by atoms with E-state index < -0.39 is 72.4 Å². The SMILES string of the molecule is C[C@H](NC(=O)[C@H](CO)NC(=O)[C@@H](NC(=O)[C@H](Cc1ccccc1)NC(=O)[C@H](CS)Cc1ccccc1)[C@@H](C)O)C(=O)O. The zero-order chi connectivity index (χ0) is 31.2. The summed E-state index contributed by atoms with van der Waals surface area (Å²) in [6.07, 6.45) is -0.975. The third-order valence-corrected chi connectivity index (χ3v) is 6.88. The van der Waals surface area contributed by atoms with Gasteiger partial charge in [0.2, 0.25) is 23.6 Å². The summed E-state index contributed by atoms with van der Waals surface area (Å²) >= 11 is 4.32. The van der Waals surface area contributed by atoms with E-state index in [2.05, 4.69) is 33.9 Å². The number of carboxylic acid groups (broad SMARTS) is 1. The second kappa shape index (κ2) is 17.1. The molecule has 0 saturated heterocycles. The number of nitrogens with one attached hydrogen (secondary N) is 4. The largest absolute Gasteiger partial charge is 0.480 e. The molecule has 2 rings (SSSR count). The van der Waals surface area contributed by atoms with Gasteiger partial charge in [0.25, 0.3) is 0 Å². The quantitative estimate of drug-likeness (QED) is 0.117. The van der Waals surface area contributed by atoms with Crippen LogP contribution < -0.4 is 21.3 Å². The number of carbonyl (C=O) groups is 5. The molecule has 0 unspecified atom stereocenters. The summed E-state index contributed by atoms with van der Waals surface area (Å²) in [5, 5.41) is 38.4. The van der Waals surface area contributed by atoms with E-state index in [1.165, 1.54) is 13.8 Å². The van der Waals surface area contributed by atoms with Crippen molar-refractivity contribution in [3.05, 3.63) is 71.8 Å². The summed E-state index contributed by atoms with van der Waals surface area (Å²) in [5.74, 6) is -4.84. The van der Waals surface area contributed by atoms with E-state index in [0.717, 1.165) is 11.1 Å². The van der Waals surface area contributed by atoms with Crippen LogP contribution in [0.25, 0.3) is 0 Å². The highest BCUT2D eigenvalue weighted by Gasteiger charge is 2.33. The van der Waals surface area contributed by atoms with Crippen LogP contribution in [0.4, 0.5) is 0 Å². The number of benzene rings is 2. The van der Waals surface area contributed by atoms with Gasteiger partial charge in [-0.3, -0.25) is 24.0 Å². The molecule has 0 radical (unpaired) electrons. The van der Waals surface area contributed by atoms with Crippen LogP contribution in [-0.2, 0) is 36.8 Å². The van der Waals surface area contributed by atoms with E-state index in [0.29, 0.717) is 6.42 Å². The van der Waals surface area contributed by atoms with Gasteiger partial charge < -0.3 is 36.6 Å². The Balaban J connectivity index is 2.20. The Labute approximate surface area is 249 Å². The van der Waals surface area contributed by atoms with E-state index in [4.69, 9.17) is 5.11 Å². The van der Waals surface area contributed by atoms with Gasteiger partial charge in [0.05, 0.1) is 18.6 Å². The molecule has 0 aromatic heterocycles. The highest BCUT2D eigenvalue weighted by Crippen LogP contribution is 2.12. The Bertz CT molecular complexity index is 1200. The van der Waals surface area contributed by atoms with Crippen LogP contribution in [0.3, 0.4) is 0 Å². The molecule has 0 spiro atoms. The van der Waals surface area contributed by atoms with Crippen LogP contribution in [0, 0.1) is 5.92 Å². The summed E-state index contributed by atoms with van der Waals surface area (Å²) in [7, 11) is 0. The predicted molar refractivity (Wildman–Crippen MR) is 157 cm³/mol. The van der Waals surface area contributed by atoms with Crippen molar-refractivity contribution in [1.29, 1.82) is 0 Å². The van der Waals surface area contributed by atoms with E-state index in [-0.39, 0.29) is 12.2 Å². The summed E-state index contributed by atoms with van der Waals surface area (Å²) in [6.45, 7) is 1.57. The molecule has 6 atom stereocenters. The molecule has 228 valence electrons. The lowest BCUT2D eigenvalue weighted by atomic mass is 9.98. The van der Waals surface area contributed by atoms with E-state index in [9.17, 15) is 34.2 Å². The Kier molecular flexibility index (Phi) is 14.0. The Hall–Kier alpha value is -3.94. The maximum atomic E-state index is 13.5. The van der Waals surface area contributed by atoms with Crippen molar-refractivity contribution < 1.29 is 39.3 Å². The van der Waals surface area contributed by atoms with Crippen molar-refractivity contribution in [2.45, 2.75) is 57.0 Å². The van der Waals surface area contributed by atoms with Gasteiger partial charge in [-0.2, -0.15) is 12.6 Å². The van der Waals surface area contributed by atoms with E-state index in [1.54, 1.807) is 30.3 Å². The molecule has 0 aliphatic rings. The van der Waals surface area contributed by atoms with Crippen LogP contribution >= 0.6 is 12.6 Å². The zero-order valence-electron chi connectivity index (χ0n) is 23.4. The van der Waals surface area contributed by atoms with Gasteiger partial charge in [-0.25, -0.2) is 0 Å². The van der Waals surface area contributed by atoms with Crippen LogP contribution in [0.15, 0.2) is 60.7 Å². The third-order valence-electron chi connectivity index (χ3n) is 6.44. The number of aliphatic hydroxyl groups is 2. The number of thiol groups is 1. The fraction of sp³-hybridized carbons (Fsp3) is 0.414. The molecular formula is C29H38N4O8S. The third kappa shape index (κ3) is 10.8. The number of hydrogen-bond acceptors (Lipinski definition) is 8. The summed E-state index contributed by atoms with van der Waals surface area (Å²) in [5.41, 5.74) is 1.65. The molecule has 0 saturated carbocycles. The first kappa shape index (κ1) is 34.3. The van der Waals surface area contributed by atoms with Crippen LogP contribution in [0.2, 0.25) is 0 Å². The number of hydrogen-bond donors (Lipinski definition) is 8. The lowest BCUT2D eigenvalue weighted by molar-refractivity contribution is -0.142. The number of aliphatic carboxylic acids is 1. The molecule has 0 fully saturated rings. The molecule has 7 N–H and O–H groups in total. The molecule has 0 bridgehead atoms. The first-order chi connectivity index (χ1) is 20.0. The van der Waals surface area contributed by atoms with Gasteiger partial charge in [-0.1, -0.05) is 60.7 Å². The second-order valence-corrected chi connectivity index (χ2v) is 10.2. The second-order valence-electron chi connectivity index (χ2n) is 9.86. The fourth-order valence-electron chi connectivity index (χ4n) is 3.98. The van der Waals surface area contributed by atoms with Crippen LogP contribution in [0.1, 0.15) is 25.0 Å². The molecular weight excluding hydrogens is 564 g/mol. The minimum Gasteiger partial charge on any atom is -0.480 e. The van der Waals surface area contributed by atoms with Crippen molar-refractivity contribution >= 4 is 42.2 Å². The van der Waals surface area contributed by atoms with Gasteiger partial charge in [0, 0.05) is 12.2 Å². The standard InChI is InChI=1S/C29H38N4O8S/c1-17(29(40)41)30-27(38)23(15-34)32-28(39)24(18(2)35)33-26(37)22(14-20-11-7-4-8-12-20)31-25(36)21(16-42)13-19-9-5-3-6-10-19/h3-12,17-18,21-24,34-35,42H,13-16H2,1-2H3,(H,30,38)(H,31,36)(H,32,39)(H,33,37)(H,40,41)/t17-,18+,21-,22-,23-,24-/m0/s1. The molecule has 4 amide bonds. The van der Waals surface area contributed by atoms with Crippen molar-refractivity contribution in [2.24, 2.45) is 5.92 Å². The molecule has 0 aliphatic heterocycles. The van der Waals surface area contributed by atoms with Crippen molar-refractivity contribution in [2.75, 3.05) is 12.4 Å². The predicted octanol–water partition coefficient (Wildman–Crippen LogP) is -0.565. The summed E-state index contributed by atoms with van der Waals surface area (Å²) in [6, 6.07) is 12.7. The Morgan fingerprint density at radius 1 is 0.714 bits per heavy atom. The van der Waals surface area contributed by atoms with Crippen molar-refractivity contribution in [3.63, 3.8) is 0 Å². The molecule has 2 aromatic carbocycles. The Morgan fingerprint density at radius 2 is 1.21 bits per heavy atom. The van der Waals surface area contributed by atoms with Gasteiger partial charge in [-0.05, 0) is 31.4 Å². The maximum Gasteiger partial charge on any atom is 0.325 e. The average Bonchev–Trinajstić information content (AvgIpc) is 2.97. The maximum absolute atomic E-state index is 13.5. The number of rotatable bonds is 16. The first-order valence-corrected chi connectivity index (χ1v) is 14.0. The zero-order valence-corrected chi connectivity index (χ0v) is 24.3. The van der Waals surface area contributed by atoms with E-state index in [1.807, 2.05) is 30.3 Å². The highest BCUT2D eigenvalue weighted by molar-refractivity contribution is 7.80. The topological polar surface area (TPSA) is 194 Å². The molecule has 12 nitrogen and oxygen atoms in total.